The highest BCUT2D eigenvalue weighted by Crippen LogP contribution is 2.40. The molecule has 1 saturated heterocycles. The Balaban J connectivity index is 1.84. The van der Waals surface area contributed by atoms with Gasteiger partial charge in [-0.1, -0.05) is 51.1 Å². The number of hydrogen-bond acceptors (Lipinski definition) is 6. The summed E-state index contributed by atoms with van der Waals surface area (Å²) in [4.78, 5) is 25.6. The number of morpholine rings is 1. The molecule has 1 fully saturated rings. The Hall–Kier alpha value is -3.48. The van der Waals surface area contributed by atoms with E-state index in [0.29, 0.717) is 38.2 Å². The third-order valence-corrected chi connectivity index (χ3v) is 7.00. The van der Waals surface area contributed by atoms with Gasteiger partial charge in [0.05, 0.1) is 38.0 Å². The van der Waals surface area contributed by atoms with E-state index in [0.717, 1.165) is 11.6 Å². The third-order valence-electron chi connectivity index (χ3n) is 7.00. The lowest BCUT2D eigenvalue weighted by Gasteiger charge is -2.40. The lowest BCUT2D eigenvalue weighted by Crippen LogP contribution is -2.48. The fraction of sp³-hybridized carbons (Fsp3) is 0.467. The number of nitrogens with zero attached hydrogens (tertiary/aromatic N) is 4. The zero-order valence-electron chi connectivity index (χ0n) is 24.0. The molecule has 2 aromatic carbocycles. The van der Waals surface area contributed by atoms with Crippen molar-refractivity contribution in [2.45, 2.75) is 45.8 Å². The molecule has 0 spiro atoms. The number of carbonyl (C=O) groups is 1. The highest BCUT2D eigenvalue weighted by molar-refractivity contribution is 5.68. The Morgan fingerprint density at radius 1 is 1.14 bits per heavy atom. The Morgan fingerprint density at radius 3 is 2.48 bits per heavy atom. The van der Waals surface area contributed by atoms with Crippen LogP contribution in [0.2, 0.25) is 0 Å². The molecule has 1 amide bonds. The number of amides is 1. The van der Waals surface area contributed by atoms with Crippen molar-refractivity contribution in [3.63, 3.8) is 0 Å². The van der Waals surface area contributed by atoms with Gasteiger partial charge in [0.1, 0.15) is 18.3 Å². The number of alkyl halides is 1. The van der Waals surface area contributed by atoms with Gasteiger partial charge in [-0.2, -0.15) is 0 Å². The zero-order valence-corrected chi connectivity index (χ0v) is 24.0. The van der Waals surface area contributed by atoms with Gasteiger partial charge in [-0.3, -0.25) is 4.90 Å². The van der Waals surface area contributed by atoms with Crippen LogP contribution in [0.15, 0.2) is 48.7 Å². The highest BCUT2D eigenvalue weighted by atomic mass is 19.2. The molecule has 1 aliphatic heterocycles. The van der Waals surface area contributed by atoms with Gasteiger partial charge in [-0.05, 0) is 23.5 Å². The maximum atomic E-state index is 14.9. The molecule has 0 radical (unpaired) electrons. The van der Waals surface area contributed by atoms with Crippen molar-refractivity contribution in [2.24, 2.45) is 11.1 Å². The van der Waals surface area contributed by atoms with Crippen molar-refractivity contribution >= 4 is 6.09 Å². The Kier molecular flexibility index (Phi) is 10.2. The summed E-state index contributed by atoms with van der Waals surface area (Å²) in [6.07, 6.45) is 0.954. The second-order valence-corrected chi connectivity index (χ2v) is 11.4. The molecule has 12 heteroatoms. The van der Waals surface area contributed by atoms with Gasteiger partial charge in [-0.15, -0.1) is 5.06 Å². The normalized spacial score (nSPS) is 15.8. The van der Waals surface area contributed by atoms with Crippen LogP contribution in [-0.2, 0) is 16.1 Å². The number of ether oxygens (including phenoxy) is 1. The first-order chi connectivity index (χ1) is 20.0. The number of carbonyl (C=O) groups excluding carboxylic acids is 1. The van der Waals surface area contributed by atoms with E-state index in [9.17, 15) is 22.4 Å². The van der Waals surface area contributed by atoms with Crippen LogP contribution in [0.25, 0.3) is 11.3 Å². The number of benzene rings is 2. The standard InChI is InChI=1S/C30H37F4N5O3/c1-30(2,3)27(39(10-9-22(35)17-31)29(40)42-38-11-13-41-14-12-38)28-36-25(23-15-21(32)16-24(33)26(23)34)19-37(28)18-20-7-5-4-6-8-20/h4-8,15-16,19,22,27H,9-14,17-18,35H2,1-3H3/t22-,27+/m1/s1. The number of halogens is 4. The SMILES string of the molecule is CC(C)(C)[C@H](c1nc(-c2cc(F)cc(F)c2F)cn1Cc1ccccc1)N(CC[C@@H](N)CF)C(=O)ON1CCOCC1. The molecule has 0 bridgehead atoms. The van der Waals surface area contributed by atoms with Gasteiger partial charge in [-0.25, -0.2) is 27.3 Å². The molecule has 0 unspecified atom stereocenters. The van der Waals surface area contributed by atoms with Crippen molar-refractivity contribution in [2.75, 3.05) is 39.5 Å². The smallest absolute Gasteiger partial charge is 0.379 e. The second kappa shape index (κ2) is 13.7. The van der Waals surface area contributed by atoms with Crippen LogP contribution < -0.4 is 5.73 Å². The monoisotopic (exact) mass is 591 g/mol. The molecular weight excluding hydrogens is 554 g/mol. The molecular formula is C30H37F4N5O3. The van der Waals surface area contributed by atoms with Gasteiger partial charge >= 0.3 is 6.09 Å². The van der Waals surface area contributed by atoms with Gasteiger partial charge in [0, 0.05) is 37.0 Å². The van der Waals surface area contributed by atoms with E-state index in [-0.39, 0.29) is 30.8 Å². The van der Waals surface area contributed by atoms with E-state index in [2.05, 4.69) is 4.98 Å². The summed E-state index contributed by atoms with van der Waals surface area (Å²) in [6.45, 7) is 6.75. The Bertz CT molecular complexity index is 1340. The lowest BCUT2D eigenvalue weighted by molar-refractivity contribution is -0.158. The Morgan fingerprint density at radius 2 is 1.83 bits per heavy atom. The zero-order chi connectivity index (χ0) is 30.4. The summed E-state index contributed by atoms with van der Waals surface area (Å²) in [5.74, 6) is -3.20. The summed E-state index contributed by atoms with van der Waals surface area (Å²) in [5.41, 5.74) is 5.73. The molecule has 0 aliphatic carbocycles. The fourth-order valence-electron chi connectivity index (χ4n) is 4.93. The molecule has 2 atom stereocenters. The van der Waals surface area contributed by atoms with Crippen molar-refractivity contribution in [3.05, 3.63) is 77.5 Å². The number of rotatable bonds is 10. The summed E-state index contributed by atoms with van der Waals surface area (Å²) in [7, 11) is 0. The summed E-state index contributed by atoms with van der Waals surface area (Å²) >= 11 is 0. The maximum Gasteiger partial charge on any atom is 0.429 e. The average molecular weight is 592 g/mol. The Labute approximate surface area is 243 Å². The average Bonchev–Trinajstić information content (AvgIpc) is 3.35. The first kappa shape index (κ1) is 31.5. The number of aromatic nitrogens is 2. The molecule has 8 nitrogen and oxygen atoms in total. The van der Waals surface area contributed by atoms with E-state index in [1.165, 1.54) is 16.2 Å². The second-order valence-electron chi connectivity index (χ2n) is 11.4. The molecule has 1 aromatic heterocycles. The van der Waals surface area contributed by atoms with Crippen molar-refractivity contribution in [1.82, 2.24) is 19.5 Å². The first-order valence-electron chi connectivity index (χ1n) is 13.9. The maximum absolute atomic E-state index is 14.9. The van der Waals surface area contributed by atoms with Crippen LogP contribution in [0.3, 0.4) is 0 Å². The van der Waals surface area contributed by atoms with E-state index in [1.807, 2.05) is 51.1 Å². The number of hydroxylamine groups is 2. The largest absolute Gasteiger partial charge is 0.429 e. The van der Waals surface area contributed by atoms with Gasteiger partial charge in [0.2, 0.25) is 0 Å². The van der Waals surface area contributed by atoms with E-state index in [1.54, 1.807) is 4.57 Å². The van der Waals surface area contributed by atoms with Gasteiger partial charge < -0.3 is 19.9 Å². The van der Waals surface area contributed by atoms with Gasteiger partial charge in [0.15, 0.2) is 11.6 Å². The van der Waals surface area contributed by atoms with Crippen LogP contribution in [-0.4, -0.2) is 71.2 Å². The number of hydrogen-bond donors (Lipinski definition) is 1. The predicted molar refractivity (Wildman–Crippen MR) is 149 cm³/mol. The predicted octanol–water partition coefficient (Wildman–Crippen LogP) is 5.48. The van der Waals surface area contributed by atoms with E-state index < -0.39 is 47.7 Å². The molecule has 4 rings (SSSR count). The van der Waals surface area contributed by atoms with Crippen molar-refractivity contribution < 1.29 is 31.9 Å². The minimum Gasteiger partial charge on any atom is -0.379 e. The van der Waals surface area contributed by atoms with Crippen LogP contribution in [0.5, 0.6) is 0 Å². The first-order valence-corrected chi connectivity index (χ1v) is 13.9. The number of imidazole rings is 1. The molecule has 1 aliphatic rings. The van der Waals surface area contributed by atoms with Crippen molar-refractivity contribution in [3.8, 4) is 11.3 Å². The van der Waals surface area contributed by atoms with Crippen LogP contribution in [0.4, 0.5) is 22.4 Å². The highest BCUT2D eigenvalue weighted by Gasteiger charge is 2.40. The van der Waals surface area contributed by atoms with Crippen LogP contribution >= 0.6 is 0 Å². The number of nitrogens with two attached hydrogens (primary N) is 1. The quantitative estimate of drug-likeness (QED) is 0.249. The van der Waals surface area contributed by atoms with Gasteiger partial charge in [0.25, 0.3) is 0 Å². The lowest BCUT2D eigenvalue weighted by atomic mass is 9.84. The van der Waals surface area contributed by atoms with E-state index in [4.69, 9.17) is 15.3 Å². The van der Waals surface area contributed by atoms with E-state index >= 15 is 0 Å². The van der Waals surface area contributed by atoms with Crippen LogP contribution in [0.1, 0.15) is 44.6 Å². The molecule has 3 aromatic rings. The minimum atomic E-state index is -1.34. The van der Waals surface area contributed by atoms with Crippen molar-refractivity contribution in [1.29, 1.82) is 0 Å². The van der Waals surface area contributed by atoms with Crippen LogP contribution in [0, 0.1) is 22.9 Å². The molecule has 228 valence electrons. The third kappa shape index (κ3) is 7.67. The molecule has 0 saturated carbocycles. The fourth-order valence-corrected chi connectivity index (χ4v) is 4.93. The summed E-state index contributed by atoms with van der Waals surface area (Å²) in [6, 6.07) is 9.12. The topological polar surface area (TPSA) is 85.9 Å². The minimum absolute atomic E-state index is 0.00645. The summed E-state index contributed by atoms with van der Waals surface area (Å²) < 4.78 is 63.8. The molecule has 42 heavy (non-hydrogen) atoms. The molecule has 2 heterocycles. The summed E-state index contributed by atoms with van der Waals surface area (Å²) in [5, 5.41) is 1.50. The molecule has 2 N–H and O–H groups in total.